The molecule has 5 heteroatoms. The minimum absolute atomic E-state index is 0.0123. The molecule has 0 radical (unpaired) electrons. The van der Waals surface area contributed by atoms with Crippen LogP contribution in [-0.2, 0) is 6.54 Å². The van der Waals surface area contributed by atoms with Crippen LogP contribution in [0.4, 0.5) is 0 Å². The summed E-state index contributed by atoms with van der Waals surface area (Å²) >= 11 is 0. The fraction of sp³-hybridized carbons (Fsp3) is 0.167. The van der Waals surface area contributed by atoms with Gasteiger partial charge in [0, 0.05) is 43.4 Å². The first-order valence-corrected chi connectivity index (χ1v) is 7.56. The molecule has 0 spiro atoms. The number of aromatic nitrogens is 3. The maximum absolute atomic E-state index is 12.8. The maximum Gasteiger partial charge on any atom is 0.254 e. The smallest absolute Gasteiger partial charge is 0.254 e. The number of nitrogens with zero attached hydrogens (tertiary/aromatic N) is 4. The van der Waals surface area contributed by atoms with Crippen molar-refractivity contribution >= 4 is 5.91 Å². The molecule has 2 aromatic heterocycles. The Bertz CT molecular complexity index is 769. The van der Waals surface area contributed by atoms with E-state index in [1.807, 2.05) is 60.5 Å². The van der Waals surface area contributed by atoms with E-state index in [9.17, 15) is 4.79 Å². The van der Waals surface area contributed by atoms with Gasteiger partial charge >= 0.3 is 0 Å². The third-order valence-corrected chi connectivity index (χ3v) is 3.65. The lowest BCUT2D eigenvalue weighted by molar-refractivity contribution is 0.0752. The predicted molar refractivity (Wildman–Crippen MR) is 88.2 cm³/mol. The number of hydrogen-bond donors (Lipinski definition) is 0. The van der Waals surface area contributed by atoms with E-state index in [0.29, 0.717) is 18.7 Å². The largest absolute Gasteiger partial charge is 0.335 e. The van der Waals surface area contributed by atoms with Gasteiger partial charge in [0.2, 0.25) is 0 Å². The zero-order valence-electron chi connectivity index (χ0n) is 13.0. The van der Waals surface area contributed by atoms with Gasteiger partial charge in [0.1, 0.15) is 0 Å². The Morgan fingerprint density at radius 2 is 1.96 bits per heavy atom. The molecule has 3 aromatic rings. The number of benzene rings is 1. The molecule has 0 aliphatic heterocycles. The standard InChI is InChI=1S/C18H18N4O/c1-2-21(14-15-7-10-19-11-8-15)18(23)16-5-3-6-17(13-16)22-12-4-9-20-22/h3-13H,2,14H2,1H3. The van der Waals surface area contributed by atoms with E-state index < -0.39 is 0 Å². The lowest BCUT2D eigenvalue weighted by atomic mass is 10.1. The van der Waals surface area contributed by atoms with Gasteiger partial charge in [0.25, 0.3) is 5.91 Å². The fourth-order valence-corrected chi connectivity index (χ4v) is 2.42. The molecule has 3 rings (SSSR count). The first kappa shape index (κ1) is 15.0. The molecular weight excluding hydrogens is 288 g/mol. The molecular formula is C18H18N4O. The van der Waals surface area contributed by atoms with E-state index in [0.717, 1.165) is 11.3 Å². The molecule has 2 heterocycles. The predicted octanol–water partition coefficient (Wildman–Crippen LogP) is 2.93. The molecule has 0 atom stereocenters. The minimum Gasteiger partial charge on any atom is -0.335 e. The Morgan fingerprint density at radius 3 is 2.65 bits per heavy atom. The molecule has 0 aliphatic rings. The second-order valence-corrected chi connectivity index (χ2v) is 5.18. The first-order valence-electron chi connectivity index (χ1n) is 7.56. The van der Waals surface area contributed by atoms with Crippen molar-refractivity contribution in [2.24, 2.45) is 0 Å². The summed E-state index contributed by atoms with van der Waals surface area (Å²) in [6.07, 6.45) is 7.06. The van der Waals surface area contributed by atoms with Gasteiger partial charge in [-0.05, 0) is 48.9 Å². The molecule has 0 aliphatic carbocycles. The Kier molecular flexibility index (Phi) is 4.47. The Hall–Kier alpha value is -2.95. The van der Waals surface area contributed by atoms with Gasteiger partial charge in [-0.15, -0.1) is 0 Å². The van der Waals surface area contributed by atoms with E-state index in [4.69, 9.17) is 0 Å². The van der Waals surface area contributed by atoms with Gasteiger partial charge in [-0.2, -0.15) is 5.10 Å². The van der Waals surface area contributed by atoms with Gasteiger partial charge in [-0.3, -0.25) is 9.78 Å². The van der Waals surface area contributed by atoms with Crippen LogP contribution in [-0.4, -0.2) is 32.1 Å². The third kappa shape index (κ3) is 3.45. The Labute approximate surface area is 135 Å². The number of hydrogen-bond acceptors (Lipinski definition) is 3. The van der Waals surface area contributed by atoms with Crippen molar-refractivity contribution in [1.82, 2.24) is 19.7 Å². The monoisotopic (exact) mass is 306 g/mol. The summed E-state index contributed by atoms with van der Waals surface area (Å²) in [4.78, 5) is 18.6. The van der Waals surface area contributed by atoms with Crippen molar-refractivity contribution in [3.8, 4) is 5.69 Å². The van der Waals surface area contributed by atoms with Crippen LogP contribution in [0.25, 0.3) is 5.69 Å². The summed E-state index contributed by atoms with van der Waals surface area (Å²) in [5.41, 5.74) is 2.60. The zero-order chi connectivity index (χ0) is 16.1. The lowest BCUT2D eigenvalue weighted by Gasteiger charge is -2.21. The van der Waals surface area contributed by atoms with E-state index in [2.05, 4.69) is 10.1 Å². The van der Waals surface area contributed by atoms with E-state index >= 15 is 0 Å². The van der Waals surface area contributed by atoms with Crippen molar-refractivity contribution in [2.75, 3.05) is 6.54 Å². The quantitative estimate of drug-likeness (QED) is 0.728. The number of carbonyl (C=O) groups excluding carboxylic acids is 1. The van der Waals surface area contributed by atoms with E-state index in [1.54, 1.807) is 23.3 Å². The fourth-order valence-electron chi connectivity index (χ4n) is 2.42. The summed E-state index contributed by atoms with van der Waals surface area (Å²) in [7, 11) is 0. The molecule has 0 bridgehead atoms. The van der Waals surface area contributed by atoms with Gasteiger partial charge < -0.3 is 4.90 Å². The van der Waals surface area contributed by atoms with Gasteiger partial charge in [0.15, 0.2) is 0 Å². The third-order valence-electron chi connectivity index (χ3n) is 3.65. The topological polar surface area (TPSA) is 51.0 Å². The highest BCUT2D eigenvalue weighted by molar-refractivity contribution is 5.94. The number of pyridine rings is 1. The maximum atomic E-state index is 12.8. The first-order chi connectivity index (χ1) is 11.3. The molecule has 0 fully saturated rings. The van der Waals surface area contributed by atoms with Gasteiger partial charge in [-0.1, -0.05) is 6.07 Å². The van der Waals surface area contributed by atoms with E-state index in [1.165, 1.54) is 0 Å². The molecule has 0 N–H and O–H groups in total. The molecule has 0 saturated heterocycles. The van der Waals surface area contributed by atoms with Crippen molar-refractivity contribution in [3.05, 3.63) is 78.4 Å². The zero-order valence-corrected chi connectivity index (χ0v) is 13.0. The van der Waals surface area contributed by atoms with Crippen LogP contribution in [0.2, 0.25) is 0 Å². The minimum atomic E-state index is 0.0123. The van der Waals surface area contributed by atoms with Crippen molar-refractivity contribution in [2.45, 2.75) is 13.5 Å². The molecule has 116 valence electrons. The molecule has 0 saturated carbocycles. The normalized spacial score (nSPS) is 10.5. The molecule has 1 amide bonds. The van der Waals surface area contributed by atoms with Gasteiger partial charge in [-0.25, -0.2) is 4.68 Å². The van der Waals surface area contributed by atoms with Crippen molar-refractivity contribution in [3.63, 3.8) is 0 Å². The van der Waals surface area contributed by atoms with Crippen molar-refractivity contribution < 1.29 is 4.79 Å². The van der Waals surface area contributed by atoms with Crippen LogP contribution < -0.4 is 0 Å². The van der Waals surface area contributed by atoms with Crippen LogP contribution in [0.1, 0.15) is 22.8 Å². The van der Waals surface area contributed by atoms with E-state index in [-0.39, 0.29) is 5.91 Å². The lowest BCUT2D eigenvalue weighted by Crippen LogP contribution is -2.30. The summed E-state index contributed by atoms with van der Waals surface area (Å²) in [5, 5.41) is 4.20. The Morgan fingerprint density at radius 1 is 1.13 bits per heavy atom. The van der Waals surface area contributed by atoms with Crippen LogP contribution in [0.3, 0.4) is 0 Å². The second-order valence-electron chi connectivity index (χ2n) is 5.18. The number of rotatable bonds is 5. The average Bonchev–Trinajstić information content (AvgIpc) is 3.15. The molecule has 5 nitrogen and oxygen atoms in total. The number of amides is 1. The highest BCUT2D eigenvalue weighted by Gasteiger charge is 2.15. The summed E-state index contributed by atoms with van der Waals surface area (Å²) in [5.74, 6) is 0.0123. The van der Waals surface area contributed by atoms with Crippen LogP contribution in [0.15, 0.2) is 67.3 Å². The molecule has 23 heavy (non-hydrogen) atoms. The van der Waals surface area contributed by atoms with Crippen LogP contribution in [0.5, 0.6) is 0 Å². The Balaban J connectivity index is 1.82. The average molecular weight is 306 g/mol. The SMILES string of the molecule is CCN(Cc1ccncc1)C(=O)c1cccc(-n2cccn2)c1. The van der Waals surface area contributed by atoms with Crippen LogP contribution in [0, 0.1) is 0 Å². The molecule has 0 unspecified atom stereocenters. The van der Waals surface area contributed by atoms with Gasteiger partial charge in [0.05, 0.1) is 5.69 Å². The van der Waals surface area contributed by atoms with Crippen molar-refractivity contribution in [1.29, 1.82) is 0 Å². The van der Waals surface area contributed by atoms with Crippen LogP contribution >= 0.6 is 0 Å². The molecule has 1 aromatic carbocycles. The highest BCUT2D eigenvalue weighted by atomic mass is 16.2. The number of carbonyl (C=O) groups is 1. The summed E-state index contributed by atoms with van der Waals surface area (Å²) < 4.78 is 1.75. The second kappa shape index (κ2) is 6.87. The highest BCUT2D eigenvalue weighted by Crippen LogP contribution is 2.13. The summed E-state index contributed by atoms with van der Waals surface area (Å²) in [6.45, 7) is 3.20. The summed E-state index contributed by atoms with van der Waals surface area (Å²) in [6, 6.07) is 13.2.